The molecule has 0 aliphatic carbocycles. The van der Waals surface area contributed by atoms with Gasteiger partial charge >= 0.3 is 0 Å². The first-order chi connectivity index (χ1) is 9.11. The molecule has 4 heteroatoms. The van der Waals surface area contributed by atoms with E-state index in [9.17, 15) is 8.78 Å². The first-order valence-electron chi connectivity index (χ1n) is 5.78. The third-order valence-corrected chi connectivity index (χ3v) is 2.85. The van der Waals surface area contributed by atoms with Crippen LogP contribution in [-0.4, -0.2) is 0 Å². The maximum Gasteiger partial charge on any atom is 0.159 e. The predicted molar refractivity (Wildman–Crippen MR) is 69.5 cm³/mol. The van der Waals surface area contributed by atoms with Crippen molar-refractivity contribution in [2.24, 2.45) is 0 Å². The average Bonchev–Trinajstić information content (AvgIpc) is 2.41. The number of benzene rings is 2. The monoisotopic (exact) mass is 258 g/mol. The summed E-state index contributed by atoms with van der Waals surface area (Å²) in [5, 5.41) is 12.2. The zero-order chi connectivity index (χ0) is 13.8. The largest absolute Gasteiger partial charge is 0.366 e. The van der Waals surface area contributed by atoms with Crippen LogP contribution >= 0.6 is 0 Å². The fourth-order valence-corrected chi connectivity index (χ4v) is 1.77. The number of rotatable bonds is 3. The molecule has 0 spiro atoms. The molecule has 1 atom stereocenters. The number of hydrogen-bond donors (Lipinski definition) is 1. The minimum absolute atomic E-state index is 0.393. The topological polar surface area (TPSA) is 35.8 Å². The molecule has 0 saturated heterocycles. The van der Waals surface area contributed by atoms with Crippen LogP contribution in [0.4, 0.5) is 14.5 Å². The smallest absolute Gasteiger partial charge is 0.159 e. The van der Waals surface area contributed by atoms with E-state index in [-0.39, 0.29) is 0 Å². The Balaban J connectivity index is 2.28. The quantitative estimate of drug-likeness (QED) is 0.904. The highest BCUT2D eigenvalue weighted by atomic mass is 19.2. The van der Waals surface area contributed by atoms with Crippen molar-refractivity contribution in [1.82, 2.24) is 0 Å². The number of aryl methyl sites for hydroxylation is 1. The lowest BCUT2D eigenvalue weighted by Gasteiger charge is -2.15. The lowest BCUT2D eigenvalue weighted by atomic mass is 10.1. The summed E-state index contributed by atoms with van der Waals surface area (Å²) in [7, 11) is 0. The molecule has 2 aromatic rings. The summed E-state index contributed by atoms with van der Waals surface area (Å²) in [6, 6.07) is 12.2. The number of nitrogens with one attached hydrogen (secondary N) is 1. The summed E-state index contributed by atoms with van der Waals surface area (Å²) >= 11 is 0. The van der Waals surface area contributed by atoms with Crippen LogP contribution in [0.2, 0.25) is 0 Å². The SMILES string of the molecule is Cc1ccccc1NC(C#N)c1ccc(F)c(F)c1. The van der Waals surface area contributed by atoms with E-state index in [0.717, 1.165) is 23.4 Å². The van der Waals surface area contributed by atoms with Gasteiger partial charge in [0.15, 0.2) is 11.6 Å². The molecule has 19 heavy (non-hydrogen) atoms. The van der Waals surface area contributed by atoms with Gasteiger partial charge in [0.25, 0.3) is 0 Å². The molecule has 2 aromatic carbocycles. The highest BCUT2D eigenvalue weighted by Crippen LogP contribution is 2.23. The molecule has 0 radical (unpaired) electrons. The van der Waals surface area contributed by atoms with E-state index >= 15 is 0 Å². The van der Waals surface area contributed by atoms with Crippen molar-refractivity contribution in [3.8, 4) is 6.07 Å². The van der Waals surface area contributed by atoms with Crippen LogP contribution in [0, 0.1) is 29.9 Å². The molecule has 96 valence electrons. The van der Waals surface area contributed by atoms with E-state index < -0.39 is 17.7 Å². The van der Waals surface area contributed by atoms with Crippen molar-refractivity contribution >= 4 is 5.69 Å². The first kappa shape index (κ1) is 13.0. The number of para-hydroxylation sites is 1. The number of halogens is 2. The number of nitrogens with zero attached hydrogens (tertiary/aromatic N) is 1. The summed E-state index contributed by atoms with van der Waals surface area (Å²) in [5.74, 6) is -1.87. The van der Waals surface area contributed by atoms with Gasteiger partial charge in [-0.25, -0.2) is 8.78 Å². The lowest BCUT2D eigenvalue weighted by Crippen LogP contribution is -2.10. The van der Waals surface area contributed by atoms with Crippen molar-refractivity contribution in [2.75, 3.05) is 5.32 Å². The van der Waals surface area contributed by atoms with Crippen LogP contribution < -0.4 is 5.32 Å². The number of hydrogen-bond acceptors (Lipinski definition) is 2. The van der Waals surface area contributed by atoms with Crippen molar-refractivity contribution < 1.29 is 8.78 Å². The highest BCUT2D eigenvalue weighted by Gasteiger charge is 2.13. The van der Waals surface area contributed by atoms with Crippen LogP contribution in [0.25, 0.3) is 0 Å². The minimum atomic E-state index is -0.954. The summed E-state index contributed by atoms with van der Waals surface area (Å²) in [6.07, 6.45) is 0. The Morgan fingerprint density at radius 2 is 1.84 bits per heavy atom. The van der Waals surface area contributed by atoms with Crippen LogP contribution in [0.3, 0.4) is 0 Å². The first-order valence-corrected chi connectivity index (χ1v) is 5.78. The molecule has 0 aromatic heterocycles. The molecule has 0 heterocycles. The van der Waals surface area contributed by atoms with Crippen molar-refractivity contribution in [3.63, 3.8) is 0 Å². The third-order valence-electron chi connectivity index (χ3n) is 2.85. The minimum Gasteiger partial charge on any atom is -0.366 e. The van der Waals surface area contributed by atoms with Gasteiger partial charge in [-0.3, -0.25) is 0 Å². The van der Waals surface area contributed by atoms with Crippen molar-refractivity contribution in [3.05, 3.63) is 65.2 Å². The van der Waals surface area contributed by atoms with E-state index in [1.807, 2.05) is 37.3 Å². The van der Waals surface area contributed by atoms with Gasteiger partial charge in [-0.05, 0) is 36.2 Å². The number of nitriles is 1. The van der Waals surface area contributed by atoms with Gasteiger partial charge in [0.2, 0.25) is 0 Å². The molecule has 0 bridgehead atoms. The van der Waals surface area contributed by atoms with Crippen LogP contribution in [-0.2, 0) is 0 Å². The Kier molecular flexibility index (Phi) is 3.76. The summed E-state index contributed by atoms with van der Waals surface area (Å²) < 4.78 is 26.1. The van der Waals surface area contributed by atoms with E-state index in [1.54, 1.807) is 0 Å². The predicted octanol–water partition coefficient (Wildman–Crippen LogP) is 3.95. The standard InChI is InChI=1S/C15H12F2N2/c1-10-4-2-3-5-14(10)19-15(9-18)11-6-7-12(16)13(17)8-11/h2-8,15,19H,1H3. The molecule has 0 fully saturated rings. The van der Waals surface area contributed by atoms with Gasteiger partial charge < -0.3 is 5.32 Å². The Hall–Kier alpha value is -2.41. The van der Waals surface area contributed by atoms with Crippen molar-refractivity contribution in [1.29, 1.82) is 5.26 Å². The molecular formula is C15H12F2N2. The van der Waals surface area contributed by atoms with Gasteiger partial charge in [0.05, 0.1) is 6.07 Å². The Bertz CT molecular complexity index is 632. The molecular weight excluding hydrogens is 246 g/mol. The van der Waals surface area contributed by atoms with E-state index in [0.29, 0.717) is 5.56 Å². The zero-order valence-corrected chi connectivity index (χ0v) is 10.3. The average molecular weight is 258 g/mol. The van der Waals surface area contributed by atoms with Crippen molar-refractivity contribution in [2.45, 2.75) is 13.0 Å². The van der Waals surface area contributed by atoms with Gasteiger partial charge in [-0.1, -0.05) is 24.3 Å². The molecule has 1 unspecified atom stereocenters. The van der Waals surface area contributed by atoms with E-state index in [1.165, 1.54) is 6.07 Å². The molecule has 0 saturated carbocycles. The van der Waals surface area contributed by atoms with Crippen LogP contribution in [0.5, 0.6) is 0 Å². The molecule has 0 aliphatic rings. The van der Waals surface area contributed by atoms with Gasteiger partial charge in [-0.15, -0.1) is 0 Å². The summed E-state index contributed by atoms with van der Waals surface area (Å²) in [6.45, 7) is 1.90. The van der Waals surface area contributed by atoms with Crippen LogP contribution in [0.15, 0.2) is 42.5 Å². The molecule has 2 rings (SSSR count). The van der Waals surface area contributed by atoms with Gasteiger partial charge in [0, 0.05) is 5.69 Å². The fraction of sp³-hybridized carbons (Fsp3) is 0.133. The maximum absolute atomic E-state index is 13.2. The molecule has 2 nitrogen and oxygen atoms in total. The second kappa shape index (κ2) is 5.49. The maximum atomic E-state index is 13.2. The molecule has 1 N–H and O–H groups in total. The van der Waals surface area contributed by atoms with E-state index in [4.69, 9.17) is 5.26 Å². The summed E-state index contributed by atoms with van der Waals surface area (Å²) in [4.78, 5) is 0. The molecule has 0 aliphatic heterocycles. The van der Waals surface area contributed by atoms with Gasteiger partial charge in [-0.2, -0.15) is 5.26 Å². The lowest BCUT2D eigenvalue weighted by molar-refractivity contribution is 0.507. The Labute approximate surface area is 110 Å². The van der Waals surface area contributed by atoms with Gasteiger partial charge in [0.1, 0.15) is 6.04 Å². The van der Waals surface area contributed by atoms with E-state index in [2.05, 4.69) is 5.32 Å². The Morgan fingerprint density at radius 1 is 1.11 bits per heavy atom. The normalized spacial score (nSPS) is 11.7. The van der Waals surface area contributed by atoms with Crippen LogP contribution in [0.1, 0.15) is 17.2 Å². The second-order valence-electron chi connectivity index (χ2n) is 4.19. The second-order valence-corrected chi connectivity index (χ2v) is 4.19. The number of anilines is 1. The molecule has 0 amide bonds. The summed E-state index contributed by atoms with van der Waals surface area (Å²) in [5.41, 5.74) is 2.16. The third kappa shape index (κ3) is 2.89. The highest BCUT2D eigenvalue weighted by molar-refractivity contribution is 5.53. The zero-order valence-electron chi connectivity index (χ0n) is 10.3. The Morgan fingerprint density at radius 3 is 2.47 bits per heavy atom. The fourth-order valence-electron chi connectivity index (χ4n) is 1.77.